The lowest BCUT2D eigenvalue weighted by atomic mass is 9.94. The molecule has 1 aliphatic rings. The number of pyridine rings is 1. The fourth-order valence-corrected chi connectivity index (χ4v) is 2.87. The summed E-state index contributed by atoms with van der Waals surface area (Å²) < 4.78 is 1.80. The van der Waals surface area contributed by atoms with Crippen LogP contribution in [0.4, 0.5) is 0 Å². The van der Waals surface area contributed by atoms with Crippen LogP contribution in [0, 0.1) is 0 Å². The second-order valence-electron chi connectivity index (χ2n) is 5.28. The second-order valence-corrected chi connectivity index (χ2v) is 5.28. The van der Waals surface area contributed by atoms with Gasteiger partial charge < -0.3 is 0 Å². The van der Waals surface area contributed by atoms with E-state index < -0.39 is 0 Å². The van der Waals surface area contributed by atoms with E-state index in [9.17, 15) is 0 Å². The molecule has 0 aliphatic carbocycles. The van der Waals surface area contributed by atoms with E-state index in [-0.39, 0.29) is 0 Å². The third-order valence-corrected chi connectivity index (χ3v) is 4.05. The number of hydrogen-bond acceptors (Lipinski definition) is 3. The van der Waals surface area contributed by atoms with Crippen molar-refractivity contribution in [2.24, 2.45) is 0 Å². The molecular formula is C16H16N4. The van der Waals surface area contributed by atoms with Gasteiger partial charge in [0, 0.05) is 25.3 Å². The van der Waals surface area contributed by atoms with E-state index in [2.05, 4.69) is 57.4 Å². The van der Waals surface area contributed by atoms with E-state index in [1.807, 2.05) is 6.20 Å². The van der Waals surface area contributed by atoms with Gasteiger partial charge in [-0.05, 0) is 29.7 Å². The van der Waals surface area contributed by atoms with E-state index in [1.165, 1.54) is 17.5 Å². The van der Waals surface area contributed by atoms with E-state index >= 15 is 0 Å². The first-order chi connectivity index (χ1) is 9.90. The summed E-state index contributed by atoms with van der Waals surface area (Å²) in [5.74, 6) is 0. The molecule has 1 atom stereocenters. The fraction of sp³-hybridized carbons (Fsp3) is 0.250. The quantitative estimate of drug-likeness (QED) is 0.729. The maximum atomic E-state index is 4.24. The molecule has 4 rings (SSSR count). The van der Waals surface area contributed by atoms with E-state index in [4.69, 9.17) is 0 Å². The zero-order valence-electron chi connectivity index (χ0n) is 11.2. The van der Waals surface area contributed by atoms with Crippen LogP contribution in [0.15, 0.2) is 55.0 Å². The van der Waals surface area contributed by atoms with Crippen molar-refractivity contribution in [1.82, 2.24) is 19.5 Å². The van der Waals surface area contributed by atoms with Crippen LogP contribution in [0.3, 0.4) is 0 Å². The number of rotatable bonds is 3. The van der Waals surface area contributed by atoms with E-state index in [0.717, 1.165) is 18.7 Å². The summed E-state index contributed by atoms with van der Waals surface area (Å²) in [5, 5.41) is 4.13. The third-order valence-electron chi connectivity index (χ3n) is 4.05. The Labute approximate surface area is 117 Å². The summed E-state index contributed by atoms with van der Waals surface area (Å²) in [5.41, 5.74) is 3.63. The van der Waals surface area contributed by atoms with Gasteiger partial charge in [0.25, 0.3) is 0 Å². The van der Waals surface area contributed by atoms with Crippen LogP contribution in [-0.4, -0.2) is 26.0 Å². The summed E-state index contributed by atoms with van der Waals surface area (Å²) in [6, 6.07) is 15.6. The van der Waals surface area contributed by atoms with E-state index in [0.29, 0.717) is 6.04 Å². The maximum Gasteiger partial charge on any atom is 0.155 e. The highest BCUT2D eigenvalue weighted by Gasteiger charge is 2.28. The predicted molar refractivity (Wildman–Crippen MR) is 77.2 cm³/mol. The molecule has 0 spiro atoms. The lowest BCUT2D eigenvalue weighted by Crippen LogP contribution is -2.40. The third kappa shape index (κ3) is 1.98. The van der Waals surface area contributed by atoms with Crippen molar-refractivity contribution in [3.05, 3.63) is 66.1 Å². The van der Waals surface area contributed by atoms with Crippen LogP contribution in [0.2, 0.25) is 0 Å². The molecule has 3 heterocycles. The van der Waals surface area contributed by atoms with Crippen molar-refractivity contribution in [1.29, 1.82) is 0 Å². The van der Waals surface area contributed by atoms with Crippen LogP contribution >= 0.6 is 0 Å². The molecule has 1 aliphatic heterocycles. The molecule has 0 bridgehead atoms. The van der Waals surface area contributed by atoms with Crippen molar-refractivity contribution >= 4 is 5.65 Å². The molecule has 1 aromatic carbocycles. The van der Waals surface area contributed by atoms with Gasteiger partial charge in [-0.2, -0.15) is 5.10 Å². The summed E-state index contributed by atoms with van der Waals surface area (Å²) in [6.07, 6.45) is 4.82. The summed E-state index contributed by atoms with van der Waals surface area (Å²) in [6.45, 7) is 2.14. The summed E-state index contributed by atoms with van der Waals surface area (Å²) in [4.78, 5) is 6.75. The Morgan fingerprint density at radius 2 is 2.05 bits per heavy atom. The fourth-order valence-electron chi connectivity index (χ4n) is 2.87. The molecule has 20 heavy (non-hydrogen) atoms. The van der Waals surface area contributed by atoms with Gasteiger partial charge in [0.15, 0.2) is 5.65 Å². The summed E-state index contributed by atoms with van der Waals surface area (Å²) in [7, 11) is 0. The maximum absolute atomic E-state index is 4.24. The average molecular weight is 264 g/mol. The minimum atomic E-state index is 0.560. The molecule has 0 amide bonds. The van der Waals surface area contributed by atoms with Crippen LogP contribution in [0.25, 0.3) is 5.65 Å². The minimum absolute atomic E-state index is 0.560. The Hall–Kier alpha value is -2.20. The number of nitrogens with zero attached hydrogens (tertiary/aromatic N) is 4. The Bertz CT molecular complexity index is 719. The average Bonchev–Trinajstić information content (AvgIpc) is 2.92. The van der Waals surface area contributed by atoms with Crippen LogP contribution < -0.4 is 0 Å². The molecule has 1 saturated heterocycles. The molecule has 0 N–H and O–H groups in total. The standard InChI is InChI=1S/C16H16N4/c1-2-4-14(5-3-1)15-7-8-19(15)11-13-6-9-20-16(10-13)17-12-18-20/h1-6,9-10,12,15H,7-8,11H2. The number of aromatic nitrogens is 3. The van der Waals surface area contributed by atoms with E-state index in [1.54, 1.807) is 10.8 Å². The molecule has 4 nitrogen and oxygen atoms in total. The van der Waals surface area contributed by atoms with Gasteiger partial charge in [0.05, 0.1) is 0 Å². The Morgan fingerprint density at radius 3 is 2.85 bits per heavy atom. The van der Waals surface area contributed by atoms with Gasteiger partial charge in [-0.25, -0.2) is 9.50 Å². The van der Waals surface area contributed by atoms with Gasteiger partial charge >= 0.3 is 0 Å². The first kappa shape index (κ1) is 11.6. The Kier molecular flexibility index (Phi) is 2.74. The Morgan fingerprint density at radius 1 is 1.15 bits per heavy atom. The SMILES string of the molecule is c1ccc(C2CCN2Cc2ccn3ncnc3c2)cc1. The summed E-state index contributed by atoms with van der Waals surface area (Å²) >= 11 is 0. The number of hydrogen-bond donors (Lipinski definition) is 0. The molecule has 2 aromatic heterocycles. The van der Waals surface area contributed by atoms with Crippen LogP contribution in [0.5, 0.6) is 0 Å². The van der Waals surface area contributed by atoms with Crippen molar-refractivity contribution in [2.75, 3.05) is 6.54 Å². The highest BCUT2D eigenvalue weighted by atomic mass is 15.3. The minimum Gasteiger partial charge on any atom is -0.292 e. The first-order valence-corrected chi connectivity index (χ1v) is 6.97. The predicted octanol–water partition coefficient (Wildman–Crippen LogP) is 2.68. The highest BCUT2D eigenvalue weighted by Crippen LogP contribution is 2.34. The first-order valence-electron chi connectivity index (χ1n) is 6.97. The lowest BCUT2D eigenvalue weighted by molar-refractivity contribution is 0.0819. The van der Waals surface area contributed by atoms with Crippen LogP contribution in [-0.2, 0) is 6.54 Å². The largest absolute Gasteiger partial charge is 0.292 e. The van der Waals surface area contributed by atoms with Crippen molar-refractivity contribution in [2.45, 2.75) is 19.0 Å². The smallest absolute Gasteiger partial charge is 0.155 e. The molecule has 0 saturated carbocycles. The lowest BCUT2D eigenvalue weighted by Gasteiger charge is -2.41. The van der Waals surface area contributed by atoms with Crippen molar-refractivity contribution in [3.8, 4) is 0 Å². The highest BCUT2D eigenvalue weighted by molar-refractivity contribution is 5.39. The molecular weight excluding hydrogens is 248 g/mol. The molecule has 100 valence electrons. The number of benzene rings is 1. The second kappa shape index (κ2) is 4.72. The van der Waals surface area contributed by atoms with Crippen molar-refractivity contribution in [3.63, 3.8) is 0 Å². The molecule has 0 radical (unpaired) electrons. The number of likely N-dealkylation sites (tertiary alicyclic amines) is 1. The van der Waals surface area contributed by atoms with Gasteiger partial charge in [-0.1, -0.05) is 30.3 Å². The van der Waals surface area contributed by atoms with Gasteiger partial charge in [-0.3, -0.25) is 4.90 Å². The molecule has 3 aromatic rings. The Balaban J connectivity index is 1.54. The molecule has 1 unspecified atom stereocenters. The van der Waals surface area contributed by atoms with Gasteiger partial charge in [0.2, 0.25) is 0 Å². The monoisotopic (exact) mass is 264 g/mol. The van der Waals surface area contributed by atoms with Crippen molar-refractivity contribution < 1.29 is 0 Å². The zero-order valence-corrected chi connectivity index (χ0v) is 11.2. The molecule has 4 heteroatoms. The van der Waals surface area contributed by atoms with Gasteiger partial charge in [-0.15, -0.1) is 0 Å². The number of fused-ring (bicyclic) bond motifs is 1. The van der Waals surface area contributed by atoms with Gasteiger partial charge in [0.1, 0.15) is 6.33 Å². The normalized spacial score (nSPS) is 19.1. The zero-order chi connectivity index (χ0) is 13.4. The topological polar surface area (TPSA) is 33.4 Å². The van der Waals surface area contributed by atoms with Crippen LogP contribution in [0.1, 0.15) is 23.6 Å². The molecule has 1 fully saturated rings.